The van der Waals surface area contributed by atoms with Crippen LogP contribution in [0.15, 0.2) is 24.3 Å². The minimum atomic E-state index is -0.779. The Morgan fingerprint density at radius 2 is 1.96 bits per heavy atom. The zero-order chi connectivity index (χ0) is 19.9. The van der Waals surface area contributed by atoms with Crippen molar-refractivity contribution in [3.8, 4) is 0 Å². The molecule has 7 heteroatoms. The van der Waals surface area contributed by atoms with Gasteiger partial charge in [0.2, 0.25) is 0 Å². The number of carboxylic acids is 1. The summed E-state index contributed by atoms with van der Waals surface area (Å²) in [5.41, 5.74) is 1.97. The van der Waals surface area contributed by atoms with E-state index in [2.05, 4.69) is 17.1 Å². The van der Waals surface area contributed by atoms with Crippen molar-refractivity contribution in [3.05, 3.63) is 29.8 Å². The van der Waals surface area contributed by atoms with Crippen molar-refractivity contribution in [2.75, 3.05) is 44.7 Å². The summed E-state index contributed by atoms with van der Waals surface area (Å²) >= 11 is 0. The zero-order valence-electron chi connectivity index (χ0n) is 16.6. The van der Waals surface area contributed by atoms with Crippen LogP contribution >= 0.6 is 0 Å². The van der Waals surface area contributed by atoms with Gasteiger partial charge in [0, 0.05) is 44.3 Å². The molecule has 2 heterocycles. The molecule has 0 unspecified atom stereocenters. The van der Waals surface area contributed by atoms with Gasteiger partial charge < -0.3 is 20.1 Å². The van der Waals surface area contributed by atoms with Gasteiger partial charge in [-0.25, -0.2) is 4.79 Å². The van der Waals surface area contributed by atoms with Crippen LogP contribution in [0.5, 0.6) is 0 Å². The number of nitrogens with one attached hydrogen (secondary N) is 1. The van der Waals surface area contributed by atoms with Crippen LogP contribution in [-0.2, 0) is 16.0 Å². The number of piperidine rings is 1. The fourth-order valence-corrected chi connectivity index (χ4v) is 4.33. The van der Waals surface area contributed by atoms with E-state index in [4.69, 9.17) is 9.84 Å². The Hall–Kier alpha value is -2.12. The molecule has 0 aliphatic carbocycles. The van der Waals surface area contributed by atoms with Gasteiger partial charge in [-0.3, -0.25) is 9.69 Å². The van der Waals surface area contributed by atoms with Gasteiger partial charge in [0.25, 0.3) is 0 Å². The van der Waals surface area contributed by atoms with Crippen LogP contribution in [0.4, 0.5) is 10.5 Å². The maximum absolute atomic E-state index is 12.9. The van der Waals surface area contributed by atoms with E-state index < -0.39 is 5.97 Å². The van der Waals surface area contributed by atoms with Crippen molar-refractivity contribution in [1.29, 1.82) is 0 Å². The molecule has 3 rings (SSSR count). The highest BCUT2D eigenvalue weighted by Gasteiger charge is 2.35. The second kappa shape index (κ2) is 9.89. The fraction of sp³-hybridized carbons (Fsp3) is 0.619. The molecule has 154 valence electrons. The maximum atomic E-state index is 12.9. The van der Waals surface area contributed by atoms with Gasteiger partial charge in [-0.1, -0.05) is 25.1 Å². The number of amides is 2. The number of rotatable bonds is 6. The van der Waals surface area contributed by atoms with Gasteiger partial charge in [0.15, 0.2) is 0 Å². The maximum Gasteiger partial charge on any atom is 0.321 e. The van der Waals surface area contributed by atoms with Crippen molar-refractivity contribution >= 4 is 17.7 Å². The molecule has 2 atom stereocenters. The Balaban J connectivity index is 1.66. The summed E-state index contributed by atoms with van der Waals surface area (Å²) < 4.78 is 5.46. The lowest BCUT2D eigenvalue weighted by atomic mass is 9.87. The van der Waals surface area contributed by atoms with Crippen LogP contribution in [-0.4, -0.2) is 72.3 Å². The summed E-state index contributed by atoms with van der Waals surface area (Å²) in [5.74, 6) is -0.616. The van der Waals surface area contributed by atoms with E-state index in [0.717, 1.165) is 50.4 Å². The molecule has 1 aromatic carbocycles. The lowest BCUT2D eigenvalue weighted by molar-refractivity contribution is -0.137. The van der Waals surface area contributed by atoms with E-state index in [1.54, 1.807) is 0 Å². The summed E-state index contributed by atoms with van der Waals surface area (Å²) in [5, 5.41) is 12.2. The number of hydrogen-bond donors (Lipinski definition) is 2. The quantitative estimate of drug-likeness (QED) is 0.782. The summed E-state index contributed by atoms with van der Waals surface area (Å²) in [6.07, 6.45) is 2.45. The number of benzene rings is 1. The van der Waals surface area contributed by atoms with Crippen LogP contribution in [0.3, 0.4) is 0 Å². The number of carboxylic acid groups (broad SMARTS) is 1. The molecule has 2 fully saturated rings. The third-order valence-electron chi connectivity index (χ3n) is 5.86. The highest BCUT2D eigenvalue weighted by molar-refractivity contribution is 5.90. The van der Waals surface area contributed by atoms with Gasteiger partial charge in [0.1, 0.15) is 0 Å². The van der Waals surface area contributed by atoms with Crippen molar-refractivity contribution in [2.45, 2.75) is 38.6 Å². The second-order valence-electron chi connectivity index (χ2n) is 7.58. The summed E-state index contributed by atoms with van der Waals surface area (Å²) in [4.78, 5) is 28.3. The smallest absolute Gasteiger partial charge is 0.321 e. The van der Waals surface area contributed by atoms with E-state index in [9.17, 15) is 9.59 Å². The van der Waals surface area contributed by atoms with Crippen LogP contribution < -0.4 is 5.32 Å². The number of anilines is 1. The average molecular weight is 389 g/mol. The average Bonchev–Trinajstić information content (AvgIpc) is 2.73. The topological polar surface area (TPSA) is 82.1 Å². The number of carbonyl (C=O) groups is 2. The van der Waals surface area contributed by atoms with Crippen molar-refractivity contribution < 1.29 is 19.4 Å². The Kier molecular flexibility index (Phi) is 7.28. The van der Waals surface area contributed by atoms with Crippen molar-refractivity contribution in [1.82, 2.24) is 9.80 Å². The van der Waals surface area contributed by atoms with E-state index in [-0.39, 0.29) is 18.4 Å². The van der Waals surface area contributed by atoms with E-state index in [1.807, 2.05) is 29.2 Å². The lowest BCUT2D eigenvalue weighted by Crippen LogP contribution is -2.55. The number of ether oxygens (including phenoxy) is 1. The number of nitrogens with zero attached hydrogens (tertiary/aromatic N) is 2. The number of urea groups is 1. The third-order valence-corrected chi connectivity index (χ3v) is 5.86. The van der Waals surface area contributed by atoms with Gasteiger partial charge in [-0.05, 0) is 36.8 Å². The van der Waals surface area contributed by atoms with Crippen LogP contribution in [0.25, 0.3) is 0 Å². The number of likely N-dealkylation sites (tertiary alicyclic amines) is 1. The highest BCUT2D eigenvalue weighted by atomic mass is 16.5. The Labute approximate surface area is 166 Å². The SMILES string of the molecule is CCc1ccccc1NC(=O)N1CC[C@H](N2CCOCC2)[C@H](CCC(=O)O)C1. The monoisotopic (exact) mass is 389 g/mol. The second-order valence-corrected chi connectivity index (χ2v) is 7.58. The van der Waals surface area contributed by atoms with Crippen molar-refractivity contribution in [3.63, 3.8) is 0 Å². The Morgan fingerprint density at radius 1 is 1.21 bits per heavy atom. The molecule has 7 nitrogen and oxygen atoms in total. The first-order chi connectivity index (χ1) is 13.6. The molecule has 2 aliphatic rings. The molecule has 0 saturated carbocycles. The zero-order valence-corrected chi connectivity index (χ0v) is 16.6. The van der Waals surface area contributed by atoms with Crippen molar-refractivity contribution in [2.24, 2.45) is 5.92 Å². The standard InChI is InChI=1S/C21H31N3O4/c1-2-16-5-3-4-6-18(16)22-21(27)24-10-9-19(23-11-13-28-14-12-23)17(15-24)7-8-20(25)26/h3-6,17,19H,2,7-15H2,1H3,(H,22,27)(H,25,26)/t17-,19+/m1/s1. The summed E-state index contributed by atoms with van der Waals surface area (Å²) in [7, 11) is 0. The number of aliphatic carboxylic acids is 1. The summed E-state index contributed by atoms with van der Waals surface area (Å²) in [6, 6.07) is 8.07. The first-order valence-corrected chi connectivity index (χ1v) is 10.3. The molecule has 0 bridgehead atoms. The normalized spacial score (nSPS) is 23.4. The number of aryl methyl sites for hydroxylation is 1. The molecular formula is C21H31N3O4. The minimum absolute atomic E-state index is 0.0957. The number of hydrogen-bond acceptors (Lipinski definition) is 4. The van der Waals surface area contributed by atoms with Crippen LogP contribution in [0.2, 0.25) is 0 Å². The first kappa shape index (κ1) is 20.6. The van der Waals surface area contributed by atoms with E-state index in [1.165, 1.54) is 0 Å². The molecule has 1 aromatic rings. The Bertz CT molecular complexity index is 675. The molecule has 28 heavy (non-hydrogen) atoms. The van der Waals surface area contributed by atoms with Crippen LogP contribution in [0.1, 0.15) is 31.7 Å². The fourth-order valence-electron chi connectivity index (χ4n) is 4.33. The minimum Gasteiger partial charge on any atom is -0.481 e. The van der Waals surface area contributed by atoms with Crippen LogP contribution in [0, 0.1) is 5.92 Å². The third kappa shape index (κ3) is 5.23. The van der Waals surface area contributed by atoms with Gasteiger partial charge in [-0.2, -0.15) is 0 Å². The molecule has 2 amide bonds. The molecule has 2 saturated heterocycles. The number of morpholine rings is 1. The van der Waals surface area contributed by atoms with Gasteiger partial charge in [-0.15, -0.1) is 0 Å². The molecule has 2 N–H and O–H groups in total. The molecule has 0 aromatic heterocycles. The first-order valence-electron chi connectivity index (χ1n) is 10.3. The largest absolute Gasteiger partial charge is 0.481 e. The molecule has 0 spiro atoms. The summed E-state index contributed by atoms with van der Waals surface area (Å²) in [6.45, 7) is 6.55. The molecule has 0 radical (unpaired) electrons. The number of carbonyl (C=O) groups excluding carboxylic acids is 1. The predicted molar refractivity (Wildman–Crippen MR) is 108 cm³/mol. The van der Waals surface area contributed by atoms with Gasteiger partial charge in [0.05, 0.1) is 13.2 Å². The van der Waals surface area contributed by atoms with Gasteiger partial charge >= 0.3 is 12.0 Å². The highest BCUT2D eigenvalue weighted by Crippen LogP contribution is 2.28. The number of para-hydroxylation sites is 1. The Morgan fingerprint density at radius 3 is 2.68 bits per heavy atom. The van der Waals surface area contributed by atoms with E-state index in [0.29, 0.717) is 25.6 Å². The lowest BCUT2D eigenvalue weighted by Gasteiger charge is -2.45. The van der Waals surface area contributed by atoms with E-state index >= 15 is 0 Å². The predicted octanol–water partition coefficient (Wildman–Crippen LogP) is 2.67. The molecule has 2 aliphatic heterocycles. The molecular weight excluding hydrogens is 358 g/mol.